The second-order valence-corrected chi connectivity index (χ2v) is 4.28. The first-order valence-corrected chi connectivity index (χ1v) is 4.91. The lowest BCUT2D eigenvalue weighted by atomic mass is 9.70. The van der Waals surface area contributed by atoms with Gasteiger partial charge in [-0.3, -0.25) is 9.59 Å². The minimum absolute atomic E-state index is 0.0532. The van der Waals surface area contributed by atoms with Crippen LogP contribution in [0.15, 0.2) is 0 Å². The van der Waals surface area contributed by atoms with E-state index in [0.717, 1.165) is 0 Å². The highest BCUT2D eigenvalue weighted by atomic mass is 19.3. The third kappa shape index (κ3) is 1.28. The number of alkyl halides is 2. The van der Waals surface area contributed by atoms with Gasteiger partial charge in [0.05, 0.1) is 5.41 Å². The van der Waals surface area contributed by atoms with E-state index in [1.807, 2.05) is 0 Å². The quantitative estimate of drug-likeness (QED) is 0.564. The third-order valence-corrected chi connectivity index (χ3v) is 3.48. The first kappa shape index (κ1) is 9.74. The van der Waals surface area contributed by atoms with Gasteiger partial charge in [0.2, 0.25) is 5.92 Å². The lowest BCUT2D eigenvalue weighted by molar-refractivity contribution is -0.143. The van der Waals surface area contributed by atoms with Crippen LogP contribution < -0.4 is 0 Å². The van der Waals surface area contributed by atoms with Crippen LogP contribution in [0.5, 0.6) is 0 Å². The number of halogens is 2. The summed E-state index contributed by atoms with van der Waals surface area (Å²) >= 11 is 0. The SMILES string of the molecule is O=C1CCC(=O)C12CCC(F)(F)CC2. The van der Waals surface area contributed by atoms with Crippen molar-refractivity contribution in [1.82, 2.24) is 0 Å². The Labute approximate surface area is 80.7 Å². The number of hydrogen-bond donors (Lipinski definition) is 0. The summed E-state index contributed by atoms with van der Waals surface area (Å²) in [5.41, 5.74) is -1.01. The maximum atomic E-state index is 12.9. The average molecular weight is 202 g/mol. The molecular formula is C10H12F2O2. The number of Topliss-reactive ketones (excluding diaryl/α,β-unsaturated/α-hetero) is 2. The second-order valence-electron chi connectivity index (χ2n) is 4.28. The molecule has 0 amide bonds. The summed E-state index contributed by atoms with van der Waals surface area (Å²) in [6, 6.07) is 0. The van der Waals surface area contributed by atoms with Crippen LogP contribution in [0.4, 0.5) is 8.78 Å². The van der Waals surface area contributed by atoms with Crippen LogP contribution >= 0.6 is 0 Å². The van der Waals surface area contributed by atoms with E-state index in [1.165, 1.54) is 0 Å². The van der Waals surface area contributed by atoms with Crippen LogP contribution in [0.1, 0.15) is 38.5 Å². The minimum atomic E-state index is -2.67. The van der Waals surface area contributed by atoms with Crippen molar-refractivity contribution < 1.29 is 18.4 Å². The molecule has 1 spiro atoms. The van der Waals surface area contributed by atoms with Gasteiger partial charge < -0.3 is 0 Å². The number of carbonyl (C=O) groups is 2. The van der Waals surface area contributed by atoms with Crippen molar-refractivity contribution in [3.8, 4) is 0 Å². The van der Waals surface area contributed by atoms with Gasteiger partial charge in [-0.1, -0.05) is 0 Å². The molecule has 0 unspecified atom stereocenters. The summed E-state index contributed by atoms with van der Waals surface area (Å²) in [6.07, 6.45) is -0.0148. The summed E-state index contributed by atoms with van der Waals surface area (Å²) in [5.74, 6) is -2.90. The van der Waals surface area contributed by atoms with E-state index < -0.39 is 11.3 Å². The van der Waals surface area contributed by atoms with E-state index in [4.69, 9.17) is 0 Å². The molecule has 0 bridgehead atoms. The maximum Gasteiger partial charge on any atom is 0.248 e. The molecule has 2 rings (SSSR count). The Bertz CT molecular complexity index is 268. The lowest BCUT2D eigenvalue weighted by Crippen LogP contribution is -2.40. The van der Waals surface area contributed by atoms with Gasteiger partial charge in [0, 0.05) is 25.7 Å². The molecule has 2 saturated carbocycles. The van der Waals surface area contributed by atoms with E-state index in [9.17, 15) is 18.4 Å². The molecule has 2 aliphatic rings. The van der Waals surface area contributed by atoms with E-state index >= 15 is 0 Å². The van der Waals surface area contributed by atoms with Crippen LogP contribution in [0.25, 0.3) is 0 Å². The summed E-state index contributed by atoms with van der Waals surface area (Å²) in [4.78, 5) is 23.0. The predicted molar refractivity (Wildman–Crippen MR) is 45.1 cm³/mol. The molecule has 14 heavy (non-hydrogen) atoms. The molecule has 0 heterocycles. The second kappa shape index (κ2) is 2.84. The van der Waals surface area contributed by atoms with Crippen molar-refractivity contribution in [3.63, 3.8) is 0 Å². The Morgan fingerprint density at radius 2 is 1.29 bits per heavy atom. The number of rotatable bonds is 0. The van der Waals surface area contributed by atoms with Gasteiger partial charge >= 0.3 is 0 Å². The Hall–Kier alpha value is -0.800. The molecule has 2 aliphatic carbocycles. The van der Waals surface area contributed by atoms with Crippen molar-refractivity contribution >= 4 is 11.6 Å². The van der Waals surface area contributed by atoms with Gasteiger partial charge in [-0.2, -0.15) is 0 Å². The fourth-order valence-corrected chi connectivity index (χ4v) is 2.46. The normalized spacial score (nSPS) is 29.9. The van der Waals surface area contributed by atoms with Crippen LogP contribution in [-0.4, -0.2) is 17.5 Å². The summed E-state index contributed by atoms with van der Waals surface area (Å²) in [7, 11) is 0. The highest BCUT2D eigenvalue weighted by molar-refractivity contribution is 6.12. The van der Waals surface area contributed by atoms with Crippen LogP contribution in [0, 0.1) is 5.41 Å². The van der Waals surface area contributed by atoms with E-state index in [0.29, 0.717) is 0 Å². The molecule has 0 aliphatic heterocycles. The van der Waals surface area contributed by atoms with Crippen LogP contribution in [0.2, 0.25) is 0 Å². The van der Waals surface area contributed by atoms with Gasteiger partial charge in [0.25, 0.3) is 0 Å². The Kier molecular flexibility index (Phi) is 1.98. The Morgan fingerprint density at radius 3 is 1.71 bits per heavy atom. The molecule has 0 aromatic carbocycles. The number of ketones is 2. The summed E-state index contributed by atoms with van der Waals surface area (Å²) in [5, 5.41) is 0. The first-order chi connectivity index (χ1) is 6.46. The molecule has 2 fully saturated rings. The fourth-order valence-electron chi connectivity index (χ4n) is 2.46. The highest BCUT2D eigenvalue weighted by Crippen LogP contribution is 2.48. The maximum absolute atomic E-state index is 12.9. The van der Waals surface area contributed by atoms with Gasteiger partial charge in [0.1, 0.15) is 11.6 Å². The molecule has 0 radical (unpaired) electrons. The molecule has 0 saturated heterocycles. The minimum Gasteiger partial charge on any atom is -0.299 e. The number of hydrogen-bond acceptors (Lipinski definition) is 2. The zero-order chi connectivity index (χ0) is 10.4. The van der Waals surface area contributed by atoms with Gasteiger partial charge in [0.15, 0.2) is 0 Å². The molecule has 0 aromatic rings. The zero-order valence-corrected chi connectivity index (χ0v) is 7.82. The molecule has 4 heteroatoms. The average Bonchev–Trinajstić information content (AvgIpc) is 2.39. The van der Waals surface area contributed by atoms with E-state index in [-0.39, 0.29) is 50.1 Å². The topological polar surface area (TPSA) is 34.1 Å². The monoisotopic (exact) mass is 202 g/mol. The van der Waals surface area contributed by atoms with Crippen LogP contribution in [-0.2, 0) is 9.59 Å². The van der Waals surface area contributed by atoms with Gasteiger partial charge in [-0.05, 0) is 12.8 Å². The summed E-state index contributed by atoms with van der Waals surface area (Å²) in [6.45, 7) is 0. The molecule has 0 atom stereocenters. The Morgan fingerprint density at radius 1 is 0.857 bits per heavy atom. The molecule has 2 nitrogen and oxygen atoms in total. The highest BCUT2D eigenvalue weighted by Gasteiger charge is 2.54. The van der Waals surface area contributed by atoms with Crippen molar-refractivity contribution in [3.05, 3.63) is 0 Å². The number of carbonyl (C=O) groups excluding carboxylic acids is 2. The smallest absolute Gasteiger partial charge is 0.248 e. The van der Waals surface area contributed by atoms with E-state index in [1.54, 1.807) is 0 Å². The molecule has 0 aromatic heterocycles. The van der Waals surface area contributed by atoms with E-state index in [2.05, 4.69) is 0 Å². The third-order valence-electron chi connectivity index (χ3n) is 3.48. The Balaban J connectivity index is 2.19. The van der Waals surface area contributed by atoms with Crippen molar-refractivity contribution in [2.75, 3.05) is 0 Å². The fraction of sp³-hybridized carbons (Fsp3) is 0.800. The lowest BCUT2D eigenvalue weighted by Gasteiger charge is -2.34. The van der Waals surface area contributed by atoms with Gasteiger partial charge in [-0.25, -0.2) is 8.78 Å². The molecule has 78 valence electrons. The van der Waals surface area contributed by atoms with Crippen molar-refractivity contribution in [2.24, 2.45) is 5.41 Å². The van der Waals surface area contributed by atoms with Crippen molar-refractivity contribution in [1.29, 1.82) is 0 Å². The first-order valence-electron chi connectivity index (χ1n) is 4.91. The largest absolute Gasteiger partial charge is 0.299 e. The zero-order valence-electron chi connectivity index (χ0n) is 7.82. The van der Waals surface area contributed by atoms with Crippen LogP contribution in [0.3, 0.4) is 0 Å². The standard InChI is InChI=1S/C10H12F2O2/c11-10(12)5-3-9(4-6-10)7(13)1-2-8(9)14/h1-6H2. The predicted octanol–water partition coefficient (Wildman–Crippen LogP) is 2.11. The van der Waals surface area contributed by atoms with Gasteiger partial charge in [-0.15, -0.1) is 0 Å². The van der Waals surface area contributed by atoms with Crippen molar-refractivity contribution in [2.45, 2.75) is 44.4 Å². The molecular weight excluding hydrogens is 190 g/mol. The molecule has 0 N–H and O–H groups in total. The summed E-state index contributed by atoms with van der Waals surface area (Å²) < 4.78 is 25.7.